The summed E-state index contributed by atoms with van der Waals surface area (Å²) in [5, 5.41) is 7.68. The molecule has 0 fully saturated rings. The number of nitrogens with two attached hydrogens (primary N) is 1. The number of rotatable bonds is 4. The van der Waals surface area contributed by atoms with E-state index in [2.05, 4.69) is 15.3 Å². The Kier molecular flexibility index (Phi) is 3.94. The maximum Gasteiger partial charge on any atom is 0.138 e. The highest BCUT2D eigenvalue weighted by atomic mass is 32.1. The molecular weight excluding hydrogens is 270 g/mol. The average molecular weight is 289 g/mol. The smallest absolute Gasteiger partial charge is 0.138 e. The van der Waals surface area contributed by atoms with Crippen LogP contribution >= 0.6 is 12.2 Å². The molecule has 5 nitrogen and oxygen atoms in total. The topological polar surface area (TPSA) is 59.1 Å². The Hall–Kier alpha value is -2.08. The van der Waals surface area contributed by atoms with Crippen molar-refractivity contribution in [2.45, 2.75) is 6.92 Å². The third-order valence-electron chi connectivity index (χ3n) is 3.12. The number of aromatic nitrogens is 2. The molecule has 0 aliphatic rings. The Labute approximate surface area is 124 Å². The minimum Gasteiger partial charge on any atom is -0.389 e. The molecule has 2 rings (SSSR count). The van der Waals surface area contributed by atoms with Crippen molar-refractivity contribution in [1.82, 2.24) is 9.78 Å². The molecule has 106 valence electrons. The van der Waals surface area contributed by atoms with Gasteiger partial charge in [0.1, 0.15) is 10.8 Å². The summed E-state index contributed by atoms with van der Waals surface area (Å²) in [5.41, 5.74) is 9.51. The number of aryl methyl sites for hydroxylation is 2. The van der Waals surface area contributed by atoms with E-state index >= 15 is 0 Å². The lowest BCUT2D eigenvalue weighted by Crippen LogP contribution is -2.13. The van der Waals surface area contributed by atoms with Gasteiger partial charge >= 0.3 is 0 Å². The predicted octanol–water partition coefficient (Wildman–Crippen LogP) is 2.17. The van der Waals surface area contributed by atoms with Crippen molar-refractivity contribution >= 4 is 34.4 Å². The van der Waals surface area contributed by atoms with Gasteiger partial charge in [0.25, 0.3) is 0 Å². The van der Waals surface area contributed by atoms with Crippen LogP contribution in [0.25, 0.3) is 0 Å². The fourth-order valence-corrected chi connectivity index (χ4v) is 2.32. The summed E-state index contributed by atoms with van der Waals surface area (Å²) in [5.74, 6) is 0.813. The summed E-state index contributed by atoms with van der Waals surface area (Å²) >= 11 is 5.10. The van der Waals surface area contributed by atoms with Crippen molar-refractivity contribution in [2.24, 2.45) is 12.8 Å². The molecule has 1 heterocycles. The van der Waals surface area contributed by atoms with Gasteiger partial charge in [-0.3, -0.25) is 4.68 Å². The zero-order valence-corrected chi connectivity index (χ0v) is 13.0. The lowest BCUT2D eigenvalue weighted by molar-refractivity contribution is 0.765. The summed E-state index contributed by atoms with van der Waals surface area (Å²) in [7, 11) is 5.89. The third kappa shape index (κ3) is 2.75. The van der Waals surface area contributed by atoms with Crippen LogP contribution in [0.5, 0.6) is 0 Å². The number of hydrogen-bond acceptors (Lipinski definition) is 4. The molecule has 2 aromatic rings. The van der Waals surface area contributed by atoms with Crippen molar-refractivity contribution in [3.05, 3.63) is 35.5 Å². The number of benzene rings is 1. The van der Waals surface area contributed by atoms with Gasteiger partial charge in [0, 0.05) is 32.5 Å². The number of thiocarbonyl (C=S) groups is 1. The molecule has 0 unspecified atom stereocenters. The molecule has 3 N–H and O–H groups in total. The van der Waals surface area contributed by atoms with E-state index in [0.29, 0.717) is 4.99 Å². The van der Waals surface area contributed by atoms with Gasteiger partial charge in [-0.05, 0) is 31.2 Å². The van der Waals surface area contributed by atoms with Crippen LogP contribution in [-0.4, -0.2) is 28.9 Å². The molecule has 0 saturated heterocycles. The maximum absolute atomic E-state index is 5.78. The molecule has 0 saturated carbocycles. The predicted molar refractivity (Wildman–Crippen MR) is 87.9 cm³/mol. The van der Waals surface area contributed by atoms with Crippen LogP contribution in [0.15, 0.2) is 24.3 Å². The van der Waals surface area contributed by atoms with Gasteiger partial charge in [0.05, 0.1) is 11.3 Å². The van der Waals surface area contributed by atoms with Crippen LogP contribution < -0.4 is 16.0 Å². The molecular formula is C14H19N5S. The van der Waals surface area contributed by atoms with Crippen molar-refractivity contribution in [2.75, 3.05) is 24.3 Å². The normalized spacial score (nSPS) is 10.4. The number of anilines is 3. The first-order chi connectivity index (χ1) is 9.40. The minimum absolute atomic E-state index is 0.350. The van der Waals surface area contributed by atoms with E-state index in [1.165, 1.54) is 0 Å². The second-order valence-corrected chi connectivity index (χ2v) is 5.30. The van der Waals surface area contributed by atoms with E-state index in [1.807, 2.05) is 52.3 Å². The highest BCUT2D eigenvalue weighted by molar-refractivity contribution is 7.80. The molecule has 1 aromatic heterocycles. The van der Waals surface area contributed by atoms with E-state index in [0.717, 1.165) is 28.5 Å². The summed E-state index contributed by atoms with van der Waals surface area (Å²) in [4.78, 5) is 2.40. The van der Waals surface area contributed by atoms with Crippen molar-refractivity contribution in [3.63, 3.8) is 0 Å². The van der Waals surface area contributed by atoms with Gasteiger partial charge < -0.3 is 16.0 Å². The summed E-state index contributed by atoms with van der Waals surface area (Å²) in [6.45, 7) is 1.90. The average Bonchev–Trinajstić information content (AvgIpc) is 2.64. The van der Waals surface area contributed by atoms with Crippen LogP contribution in [-0.2, 0) is 7.05 Å². The zero-order valence-electron chi connectivity index (χ0n) is 12.1. The summed E-state index contributed by atoms with van der Waals surface area (Å²) in [6, 6.07) is 8.13. The molecule has 6 heteroatoms. The molecule has 0 radical (unpaired) electrons. The van der Waals surface area contributed by atoms with Gasteiger partial charge in [-0.25, -0.2) is 0 Å². The fraction of sp³-hybridized carbons (Fsp3) is 0.286. The zero-order chi connectivity index (χ0) is 14.9. The Morgan fingerprint density at radius 3 is 2.40 bits per heavy atom. The molecule has 0 atom stereocenters. The Balaban J connectivity index is 2.32. The lowest BCUT2D eigenvalue weighted by Gasteiger charge is -2.14. The van der Waals surface area contributed by atoms with Crippen LogP contribution in [0.2, 0.25) is 0 Å². The van der Waals surface area contributed by atoms with Crippen LogP contribution in [0.4, 0.5) is 17.2 Å². The highest BCUT2D eigenvalue weighted by Gasteiger charge is 2.15. The molecule has 0 amide bonds. The highest BCUT2D eigenvalue weighted by Crippen LogP contribution is 2.24. The van der Waals surface area contributed by atoms with E-state index in [4.69, 9.17) is 18.0 Å². The molecule has 1 aromatic carbocycles. The Morgan fingerprint density at radius 2 is 1.90 bits per heavy atom. The first-order valence-electron chi connectivity index (χ1n) is 6.28. The van der Waals surface area contributed by atoms with Gasteiger partial charge in [-0.2, -0.15) is 5.10 Å². The third-order valence-corrected chi connectivity index (χ3v) is 3.32. The first-order valence-corrected chi connectivity index (χ1v) is 6.68. The fourth-order valence-electron chi connectivity index (χ4n) is 2.08. The number of nitrogens with one attached hydrogen (secondary N) is 1. The van der Waals surface area contributed by atoms with Crippen molar-refractivity contribution in [3.8, 4) is 0 Å². The number of nitrogens with zero attached hydrogens (tertiary/aromatic N) is 3. The van der Waals surface area contributed by atoms with Gasteiger partial charge in [-0.1, -0.05) is 12.2 Å². The molecule has 0 aliphatic heterocycles. The Morgan fingerprint density at radius 1 is 1.30 bits per heavy atom. The van der Waals surface area contributed by atoms with E-state index in [-0.39, 0.29) is 0 Å². The molecule has 0 aliphatic carbocycles. The summed E-state index contributed by atoms with van der Waals surface area (Å²) in [6.07, 6.45) is 0. The van der Waals surface area contributed by atoms with Gasteiger partial charge in [0.15, 0.2) is 0 Å². The quantitative estimate of drug-likeness (QED) is 0.845. The second-order valence-electron chi connectivity index (χ2n) is 4.86. The Bertz CT molecular complexity index is 628. The second kappa shape index (κ2) is 5.50. The monoisotopic (exact) mass is 289 g/mol. The van der Waals surface area contributed by atoms with E-state index in [9.17, 15) is 0 Å². The molecule has 20 heavy (non-hydrogen) atoms. The largest absolute Gasteiger partial charge is 0.389 e. The van der Waals surface area contributed by atoms with Crippen LogP contribution in [0.1, 0.15) is 11.3 Å². The van der Waals surface area contributed by atoms with E-state index in [1.54, 1.807) is 4.68 Å². The first kappa shape index (κ1) is 14.3. The van der Waals surface area contributed by atoms with Crippen LogP contribution in [0, 0.1) is 6.92 Å². The van der Waals surface area contributed by atoms with Crippen molar-refractivity contribution in [1.29, 1.82) is 0 Å². The van der Waals surface area contributed by atoms with E-state index < -0.39 is 0 Å². The standard InChI is InChI=1S/C14H19N5S/c1-9-12(13(15)20)14(19(4)17-9)16-10-5-7-11(8-6-10)18(2)3/h5-8,16H,1-4H3,(H2,15,20). The van der Waals surface area contributed by atoms with Crippen molar-refractivity contribution < 1.29 is 0 Å². The summed E-state index contributed by atoms with van der Waals surface area (Å²) < 4.78 is 1.75. The SMILES string of the molecule is Cc1nn(C)c(Nc2ccc(N(C)C)cc2)c1C(N)=S. The maximum atomic E-state index is 5.78. The van der Waals surface area contributed by atoms with Gasteiger partial charge in [0.2, 0.25) is 0 Å². The number of hydrogen-bond donors (Lipinski definition) is 2. The van der Waals surface area contributed by atoms with Gasteiger partial charge in [-0.15, -0.1) is 0 Å². The molecule has 0 bridgehead atoms. The molecule has 0 spiro atoms. The lowest BCUT2D eigenvalue weighted by atomic mass is 10.2. The van der Waals surface area contributed by atoms with Crippen LogP contribution in [0.3, 0.4) is 0 Å². The minimum atomic E-state index is 0.350.